The van der Waals surface area contributed by atoms with Gasteiger partial charge in [-0.2, -0.15) is 4.31 Å². The predicted octanol–water partition coefficient (Wildman–Crippen LogP) is 4.40. The van der Waals surface area contributed by atoms with Crippen LogP contribution in [0.2, 0.25) is 5.02 Å². The number of carbonyl (C=O) groups excluding carboxylic acids is 1. The van der Waals surface area contributed by atoms with Crippen LogP contribution in [0.4, 0.5) is 0 Å². The number of carbonyl (C=O) groups is 1. The van der Waals surface area contributed by atoms with Crippen LogP contribution in [-0.2, 0) is 10.0 Å². The third kappa shape index (κ3) is 4.96. The summed E-state index contributed by atoms with van der Waals surface area (Å²) in [7, 11) is -2.05. The number of methoxy groups -OCH3 is 1. The van der Waals surface area contributed by atoms with Crippen molar-refractivity contribution in [1.29, 1.82) is 0 Å². The topological polar surface area (TPSA) is 75.7 Å². The van der Waals surface area contributed by atoms with Crippen LogP contribution >= 0.6 is 11.6 Å². The van der Waals surface area contributed by atoms with E-state index in [0.29, 0.717) is 19.5 Å². The number of halogens is 1. The molecule has 2 aromatic carbocycles. The molecule has 2 aromatic rings. The molecule has 162 valence electrons. The van der Waals surface area contributed by atoms with Gasteiger partial charge >= 0.3 is 0 Å². The van der Waals surface area contributed by atoms with Crippen LogP contribution in [0.15, 0.2) is 47.4 Å². The largest absolute Gasteiger partial charge is 0.497 e. The van der Waals surface area contributed by atoms with E-state index >= 15 is 0 Å². The second-order valence-corrected chi connectivity index (χ2v) is 9.66. The summed E-state index contributed by atoms with van der Waals surface area (Å²) >= 11 is 6.25. The fraction of sp³-hybridized carbons (Fsp3) is 0.409. The molecule has 1 atom stereocenters. The number of hydrogen-bond acceptors (Lipinski definition) is 4. The van der Waals surface area contributed by atoms with Gasteiger partial charge in [0.2, 0.25) is 10.0 Å². The fourth-order valence-electron chi connectivity index (χ4n) is 3.59. The molecule has 6 nitrogen and oxygen atoms in total. The van der Waals surface area contributed by atoms with Crippen LogP contribution in [-0.4, -0.2) is 38.8 Å². The molecule has 0 radical (unpaired) electrons. The lowest BCUT2D eigenvalue weighted by atomic mass is 10.0. The smallest absolute Gasteiger partial charge is 0.253 e. The van der Waals surface area contributed by atoms with Crippen molar-refractivity contribution in [1.82, 2.24) is 9.62 Å². The van der Waals surface area contributed by atoms with Crippen molar-refractivity contribution in [3.05, 3.63) is 58.6 Å². The van der Waals surface area contributed by atoms with E-state index in [1.807, 2.05) is 31.2 Å². The predicted molar refractivity (Wildman–Crippen MR) is 118 cm³/mol. The minimum absolute atomic E-state index is 0.0939. The van der Waals surface area contributed by atoms with Crippen LogP contribution < -0.4 is 10.1 Å². The maximum absolute atomic E-state index is 13.0. The Morgan fingerprint density at radius 1 is 1.13 bits per heavy atom. The monoisotopic (exact) mass is 450 g/mol. The molecule has 1 amide bonds. The van der Waals surface area contributed by atoms with Gasteiger partial charge in [0, 0.05) is 13.1 Å². The van der Waals surface area contributed by atoms with Gasteiger partial charge in [0.15, 0.2) is 0 Å². The zero-order chi connectivity index (χ0) is 21.7. The van der Waals surface area contributed by atoms with E-state index in [1.165, 1.54) is 22.5 Å². The summed E-state index contributed by atoms with van der Waals surface area (Å²) in [5.41, 5.74) is 1.08. The number of benzene rings is 2. The van der Waals surface area contributed by atoms with Gasteiger partial charge in [-0.05, 0) is 55.2 Å². The Hall–Kier alpha value is -2.09. The zero-order valence-electron chi connectivity index (χ0n) is 17.2. The van der Waals surface area contributed by atoms with Crippen LogP contribution in [0.1, 0.15) is 54.6 Å². The molecule has 1 heterocycles. The molecule has 3 rings (SSSR count). The van der Waals surface area contributed by atoms with Crippen molar-refractivity contribution >= 4 is 27.5 Å². The molecule has 1 fully saturated rings. The van der Waals surface area contributed by atoms with Gasteiger partial charge in [0.25, 0.3) is 5.91 Å². The quantitative estimate of drug-likeness (QED) is 0.678. The zero-order valence-corrected chi connectivity index (χ0v) is 18.8. The number of ether oxygens (including phenoxy) is 1. The minimum atomic E-state index is -3.65. The number of sulfonamides is 1. The molecule has 0 spiro atoms. The lowest BCUT2D eigenvalue weighted by molar-refractivity contribution is 0.0935. The van der Waals surface area contributed by atoms with Gasteiger partial charge in [0.1, 0.15) is 5.75 Å². The second-order valence-electron chi connectivity index (χ2n) is 7.31. The molecular weight excluding hydrogens is 424 g/mol. The maximum atomic E-state index is 13.0. The van der Waals surface area contributed by atoms with E-state index in [9.17, 15) is 13.2 Å². The van der Waals surface area contributed by atoms with Crippen molar-refractivity contribution < 1.29 is 17.9 Å². The van der Waals surface area contributed by atoms with Gasteiger partial charge in [-0.25, -0.2) is 8.42 Å². The van der Waals surface area contributed by atoms with Gasteiger partial charge in [-0.15, -0.1) is 0 Å². The van der Waals surface area contributed by atoms with Crippen LogP contribution in [0.5, 0.6) is 5.75 Å². The Labute approximate surface area is 183 Å². The van der Waals surface area contributed by atoms with Gasteiger partial charge in [-0.1, -0.05) is 37.1 Å². The lowest BCUT2D eigenvalue weighted by Crippen LogP contribution is -2.35. The third-order valence-corrected chi connectivity index (χ3v) is 7.59. The van der Waals surface area contributed by atoms with Crippen molar-refractivity contribution in [2.75, 3.05) is 20.2 Å². The molecule has 1 aliphatic rings. The Morgan fingerprint density at radius 2 is 1.80 bits per heavy atom. The van der Waals surface area contributed by atoms with E-state index in [2.05, 4.69) is 5.32 Å². The van der Waals surface area contributed by atoms with Crippen molar-refractivity contribution in [3.63, 3.8) is 0 Å². The minimum Gasteiger partial charge on any atom is -0.497 e. The molecule has 1 aliphatic heterocycles. The first-order chi connectivity index (χ1) is 14.4. The summed E-state index contributed by atoms with van der Waals surface area (Å²) in [6.07, 6.45) is 3.39. The van der Waals surface area contributed by atoms with E-state index < -0.39 is 15.9 Å². The number of hydrogen-bond donors (Lipinski definition) is 1. The summed E-state index contributed by atoms with van der Waals surface area (Å²) < 4.78 is 32.6. The number of rotatable bonds is 7. The maximum Gasteiger partial charge on any atom is 0.253 e. The summed E-state index contributed by atoms with van der Waals surface area (Å²) in [5.74, 6) is 0.331. The second kappa shape index (κ2) is 9.81. The van der Waals surface area contributed by atoms with Crippen LogP contribution in [0.3, 0.4) is 0 Å². The first-order valence-electron chi connectivity index (χ1n) is 10.1. The summed E-state index contributed by atoms with van der Waals surface area (Å²) in [5, 5.41) is 3.18. The lowest BCUT2D eigenvalue weighted by Gasteiger charge is -2.26. The Balaban J connectivity index is 1.83. The Kier molecular flexibility index (Phi) is 7.39. The fourth-order valence-corrected chi connectivity index (χ4v) is 5.33. The Bertz CT molecular complexity index is 987. The van der Waals surface area contributed by atoms with Gasteiger partial charge in [-0.3, -0.25) is 4.79 Å². The first kappa shape index (κ1) is 22.6. The molecule has 1 N–H and O–H groups in total. The van der Waals surface area contributed by atoms with E-state index in [-0.39, 0.29) is 21.5 Å². The van der Waals surface area contributed by atoms with E-state index in [4.69, 9.17) is 16.3 Å². The van der Waals surface area contributed by atoms with Crippen LogP contribution in [0.25, 0.3) is 0 Å². The summed E-state index contributed by atoms with van der Waals surface area (Å²) in [6.45, 7) is 2.97. The first-order valence-corrected chi connectivity index (χ1v) is 11.9. The molecular formula is C22H27ClN2O4S. The number of nitrogens with one attached hydrogen (secondary N) is 1. The molecule has 0 saturated carbocycles. The molecule has 0 unspecified atom stereocenters. The van der Waals surface area contributed by atoms with E-state index in [0.717, 1.165) is 30.6 Å². The van der Waals surface area contributed by atoms with Crippen molar-refractivity contribution in [2.45, 2.75) is 43.5 Å². The molecule has 1 saturated heterocycles. The van der Waals surface area contributed by atoms with Crippen molar-refractivity contribution in [2.24, 2.45) is 0 Å². The Morgan fingerprint density at radius 3 is 2.40 bits per heavy atom. The summed E-state index contributed by atoms with van der Waals surface area (Å²) in [6, 6.07) is 11.5. The normalized spacial score (nSPS) is 16.1. The highest BCUT2D eigenvalue weighted by atomic mass is 35.5. The molecule has 0 bridgehead atoms. The summed E-state index contributed by atoms with van der Waals surface area (Å²) in [4.78, 5) is 13.1. The average Bonchev–Trinajstić information content (AvgIpc) is 2.78. The molecule has 0 aliphatic carbocycles. The number of nitrogens with zero attached hydrogens (tertiary/aromatic N) is 1. The van der Waals surface area contributed by atoms with Gasteiger partial charge < -0.3 is 10.1 Å². The van der Waals surface area contributed by atoms with Crippen LogP contribution in [0, 0.1) is 0 Å². The molecule has 8 heteroatoms. The number of amides is 1. The highest BCUT2D eigenvalue weighted by Gasteiger charge is 2.27. The average molecular weight is 451 g/mol. The molecule has 30 heavy (non-hydrogen) atoms. The SMILES string of the molecule is CC[C@@H](NC(=O)c1cc(S(=O)(=O)N2CCCCC2)ccc1Cl)c1ccc(OC)cc1. The highest BCUT2D eigenvalue weighted by molar-refractivity contribution is 7.89. The molecule has 0 aromatic heterocycles. The standard InChI is InChI=1S/C22H27ClN2O4S/c1-3-21(16-7-9-17(29-2)10-8-16)24-22(26)19-15-18(11-12-20(19)23)30(27,28)25-13-5-4-6-14-25/h7-12,15,21H,3-6,13-14H2,1-2H3,(H,24,26)/t21-/m1/s1. The van der Waals surface area contributed by atoms with E-state index in [1.54, 1.807) is 7.11 Å². The van der Waals surface area contributed by atoms with Crippen molar-refractivity contribution in [3.8, 4) is 5.75 Å². The van der Waals surface area contributed by atoms with Gasteiger partial charge in [0.05, 0.1) is 28.6 Å². The third-order valence-electron chi connectivity index (χ3n) is 5.37. The number of piperidine rings is 1. The highest BCUT2D eigenvalue weighted by Crippen LogP contribution is 2.26.